The van der Waals surface area contributed by atoms with Gasteiger partial charge in [-0.3, -0.25) is 4.79 Å². The van der Waals surface area contributed by atoms with Gasteiger partial charge in [0.25, 0.3) is 5.91 Å². The highest BCUT2D eigenvalue weighted by atomic mass is 16.5. The molecule has 32 heavy (non-hydrogen) atoms. The summed E-state index contributed by atoms with van der Waals surface area (Å²) >= 11 is 0. The number of amides is 1. The lowest BCUT2D eigenvalue weighted by atomic mass is 9.99. The lowest BCUT2D eigenvalue weighted by molar-refractivity contribution is 0.0331. The highest BCUT2D eigenvalue weighted by molar-refractivity contribution is 5.97. The number of likely N-dealkylation sites (N-methyl/N-ethyl adjacent to an activating group) is 1. The van der Waals surface area contributed by atoms with Crippen molar-refractivity contribution in [2.75, 3.05) is 33.3 Å². The van der Waals surface area contributed by atoms with E-state index in [0.29, 0.717) is 36.4 Å². The van der Waals surface area contributed by atoms with Crippen LogP contribution in [0.1, 0.15) is 68.8 Å². The Morgan fingerprint density at radius 3 is 2.78 bits per heavy atom. The van der Waals surface area contributed by atoms with E-state index in [1.165, 1.54) is 0 Å². The normalized spacial score (nSPS) is 23.6. The minimum atomic E-state index is -0.952. The molecule has 0 bridgehead atoms. The minimum absolute atomic E-state index is 0.0679. The van der Waals surface area contributed by atoms with Gasteiger partial charge in [0.2, 0.25) is 5.88 Å². The molecule has 7 heteroatoms. The molecule has 2 N–H and O–H groups in total. The molecule has 7 nitrogen and oxygen atoms in total. The van der Waals surface area contributed by atoms with E-state index in [-0.39, 0.29) is 30.6 Å². The van der Waals surface area contributed by atoms with Crippen LogP contribution in [0.25, 0.3) is 0 Å². The topological polar surface area (TPSA) is 86.1 Å². The molecular weight excluding hydrogens is 406 g/mol. The number of hydrogen-bond donors (Lipinski definition) is 2. The summed E-state index contributed by atoms with van der Waals surface area (Å²) in [6, 6.07) is 1.38. The van der Waals surface area contributed by atoms with Crippen LogP contribution in [0.4, 0.5) is 0 Å². The summed E-state index contributed by atoms with van der Waals surface area (Å²) in [6.07, 6.45) is 5.80. The second-order valence-corrected chi connectivity index (χ2v) is 9.45. The number of carbonyl (C=O) groups is 1. The Balaban J connectivity index is 1.95. The summed E-state index contributed by atoms with van der Waals surface area (Å²) in [4.78, 5) is 21.8. The maximum Gasteiger partial charge on any atom is 0.259 e. The van der Waals surface area contributed by atoms with Crippen LogP contribution in [0.5, 0.6) is 5.88 Å². The predicted octanol–water partition coefficient (Wildman–Crippen LogP) is 2.30. The summed E-state index contributed by atoms with van der Waals surface area (Å²) < 4.78 is 6.29. The van der Waals surface area contributed by atoms with Crippen molar-refractivity contribution >= 4 is 5.91 Å². The molecule has 1 fully saturated rings. The third kappa shape index (κ3) is 5.80. The molecule has 1 aromatic heterocycles. The van der Waals surface area contributed by atoms with Gasteiger partial charge < -0.3 is 24.7 Å². The summed E-state index contributed by atoms with van der Waals surface area (Å²) in [5.41, 5.74) is -0.0245. The molecular formula is C25H37N3O4. The molecule has 0 radical (unpaired) electrons. The van der Waals surface area contributed by atoms with E-state index in [9.17, 15) is 15.0 Å². The summed E-state index contributed by atoms with van der Waals surface area (Å²) in [5.74, 6) is 6.14. The lowest BCUT2D eigenvalue weighted by Crippen LogP contribution is -2.50. The van der Waals surface area contributed by atoms with Gasteiger partial charge >= 0.3 is 0 Å². The van der Waals surface area contributed by atoms with Crippen LogP contribution in [0, 0.1) is 17.8 Å². The summed E-state index contributed by atoms with van der Waals surface area (Å²) in [5, 5.41) is 20.3. The molecule has 2 aliphatic rings. The molecule has 1 saturated carbocycles. The average Bonchev–Trinajstić information content (AvgIpc) is 3.21. The maximum atomic E-state index is 13.4. The van der Waals surface area contributed by atoms with Crippen molar-refractivity contribution in [3.8, 4) is 17.7 Å². The molecule has 0 spiro atoms. The molecule has 3 rings (SSSR count). The largest absolute Gasteiger partial charge is 0.472 e. The van der Waals surface area contributed by atoms with Crippen molar-refractivity contribution < 1.29 is 19.7 Å². The zero-order chi connectivity index (χ0) is 23.3. The number of aromatic nitrogens is 1. The second kappa shape index (κ2) is 10.7. The van der Waals surface area contributed by atoms with E-state index in [4.69, 9.17) is 4.74 Å². The van der Waals surface area contributed by atoms with Crippen molar-refractivity contribution in [1.82, 2.24) is 14.8 Å². The smallest absolute Gasteiger partial charge is 0.259 e. The lowest BCUT2D eigenvalue weighted by Gasteiger charge is -2.37. The Bertz CT molecular complexity index is 856. The Kier molecular flexibility index (Phi) is 8.16. The zero-order valence-corrected chi connectivity index (χ0v) is 19.8. The van der Waals surface area contributed by atoms with Crippen LogP contribution in [0.15, 0.2) is 12.3 Å². The van der Waals surface area contributed by atoms with E-state index in [0.717, 1.165) is 32.4 Å². The van der Waals surface area contributed by atoms with Gasteiger partial charge in [0, 0.05) is 30.8 Å². The summed E-state index contributed by atoms with van der Waals surface area (Å²) in [7, 11) is 2.07. The van der Waals surface area contributed by atoms with E-state index in [1.807, 2.05) is 6.92 Å². The molecule has 1 aliphatic carbocycles. The van der Waals surface area contributed by atoms with E-state index in [1.54, 1.807) is 17.2 Å². The third-order valence-corrected chi connectivity index (χ3v) is 6.49. The van der Waals surface area contributed by atoms with Crippen LogP contribution in [0.2, 0.25) is 0 Å². The Labute approximate surface area is 191 Å². The molecule has 1 aliphatic heterocycles. The number of hydrogen-bond acceptors (Lipinski definition) is 6. The first-order valence-electron chi connectivity index (χ1n) is 11.8. The van der Waals surface area contributed by atoms with Crippen LogP contribution in [-0.4, -0.2) is 81.9 Å². The Hall–Kier alpha value is -2.14. The van der Waals surface area contributed by atoms with Crippen molar-refractivity contribution in [3.05, 3.63) is 23.4 Å². The minimum Gasteiger partial charge on any atom is -0.472 e. The van der Waals surface area contributed by atoms with Gasteiger partial charge in [-0.2, -0.15) is 0 Å². The van der Waals surface area contributed by atoms with Crippen LogP contribution < -0.4 is 4.74 Å². The van der Waals surface area contributed by atoms with E-state index in [2.05, 4.69) is 42.6 Å². The standard InChI is InChI=1S/C25H37N3O4/c1-5-12-27(4)16-22-18(2)15-28(19(3)17-29)24(30)21-13-20(14-26-23(21)32-22)8-11-25(31)9-6-7-10-25/h13-14,18-19,22,29,31H,5-7,9-10,12,15-17H2,1-4H3/t18-,19+,22-/m0/s1. The first kappa shape index (κ1) is 24.5. The number of aliphatic hydroxyl groups is 2. The van der Waals surface area contributed by atoms with Crippen LogP contribution in [0.3, 0.4) is 0 Å². The number of rotatable bonds is 6. The molecule has 1 amide bonds. The van der Waals surface area contributed by atoms with Gasteiger partial charge in [0.1, 0.15) is 17.3 Å². The number of pyridine rings is 1. The number of aliphatic hydroxyl groups excluding tert-OH is 1. The molecule has 0 unspecified atom stereocenters. The first-order valence-corrected chi connectivity index (χ1v) is 11.8. The van der Waals surface area contributed by atoms with E-state index >= 15 is 0 Å². The quantitative estimate of drug-likeness (QED) is 0.656. The van der Waals surface area contributed by atoms with Gasteiger partial charge in [0.15, 0.2) is 0 Å². The monoisotopic (exact) mass is 443 g/mol. The Morgan fingerprint density at radius 2 is 2.12 bits per heavy atom. The average molecular weight is 444 g/mol. The number of ether oxygens (including phenoxy) is 1. The number of fused-ring (bicyclic) bond motifs is 1. The van der Waals surface area contributed by atoms with Gasteiger partial charge in [-0.1, -0.05) is 25.7 Å². The highest BCUT2D eigenvalue weighted by Crippen LogP contribution is 2.30. The third-order valence-electron chi connectivity index (χ3n) is 6.49. The molecule has 3 atom stereocenters. The van der Waals surface area contributed by atoms with Gasteiger partial charge in [-0.05, 0) is 58.7 Å². The van der Waals surface area contributed by atoms with Gasteiger partial charge in [-0.25, -0.2) is 4.98 Å². The molecule has 0 aromatic carbocycles. The SMILES string of the molecule is CCCN(C)C[C@@H]1Oc2ncc(C#CC3(O)CCCC3)cc2C(=O)N([C@H](C)CO)C[C@@H]1C. The number of nitrogens with zero attached hydrogens (tertiary/aromatic N) is 3. The molecule has 0 saturated heterocycles. The van der Waals surface area contributed by atoms with Crippen LogP contribution in [-0.2, 0) is 0 Å². The maximum absolute atomic E-state index is 13.4. The summed E-state index contributed by atoms with van der Waals surface area (Å²) in [6.45, 7) is 8.11. The molecule has 2 heterocycles. The fourth-order valence-electron chi connectivity index (χ4n) is 4.44. The first-order chi connectivity index (χ1) is 15.3. The van der Waals surface area contributed by atoms with E-state index < -0.39 is 5.60 Å². The van der Waals surface area contributed by atoms with Crippen molar-refractivity contribution in [1.29, 1.82) is 0 Å². The molecule has 1 aromatic rings. The highest BCUT2D eigenvalue weighted by Gasteiger charge is 2.34. The van der Waals surface area contributed by atoms with Gasteiger partial charge in [-0.15, -0.1) is 0 Å². The number of carbonyl (C=O) groups excluding carboxylic acids is 1. The van der Waals surface area contributed by atoms with Crippen molar-refractivity contribution in [2.24, 2.45) is 5.92 Å². The zero-order valence-electron chi connectivity index (χ0n) is 19.8. The van der Waals surface area contributed by atoms with Crippen molar-refractivity contribution in [2.45, 2.75) is 70.6 Å². The van der Waals surface area contributed by atoms with Crippen molar-refractivity contribution in [3.63, 3.8) is 0 Å². The Morgan fingerprint density at radius 1 is 1.41 bits per heavy atom. The van der Waals surface area contributed by atoms with Gasteiger partial charge in [0.05, 0.1) is 12.6 Å². The fraction of sp³-hybridized carbons (Fsp3) is 0.680. The fourth-order valence-corrected chi connectivity index (χ4v) is 4.44. The predicted molar refractivity (Wildman–Crippen MR) is 123 cm³/mol. The second-order valence-electron chi connectivity index (χ2n) is 9.45. The molecule has 176 valence electrons. The van der Waals surface area contributed by atoms with Crippen LogP contribution >= 0.6 is 0 Å².